The van der Waals surface area contributed by atoms with Crippen LogP contribution in [0.5, 0.6) is 0 Å². The number of nitrogens with one attached hydrogen (secondary N) is 1. The molecule has 3 aromatic carbocycles. The number of aromatic nitrogens is 2. The average molecular weight is 424 g/mol. The molecule has 0 aliphatic carbocycles. The van der Waals surface area contributed by atoms with Crippen molar-refractivity contribution in [2.24, 2.45) is 0 Å². The van der Waals surface area contributed by atoms with Gasteiger partial charge in [0, 0.05) is 31.8 Å². The Bertz CT molecular complexity index is 1220. The molecule has 1 aromatic heterocycles. The highest BCUT2D eigenvalue weighted by atomic mass is 16.1. The van der Waals surface area contributed by atoms with E-state index in [0.717, 1.165) is 39.4 Å². The second-order valence-corrected chi connectivity index (χ2v) is 8.41. The molecule has 0 unspecified atom stereocenters. The summed E-state index contributed by atoms with van der Waals surface area (Å²) in [5.41, 5.74) is 3.39. The van der Waals surface area contributed by atoms with E-state index in [9.17, 15) is 4.79 Å². The van der Waals surface area contributed by atoms with Gasteiger partial charge in [-0.3, -0.25) is 4.79 Å². The second kappa shape index (κ2) is 9.18. The SMILES string of the molecule is CC(C)c1[c]c(N(C)C)nc(Cc2ccc(NC(=O)c3ccc4ccccc4c3)cc2)n1. The second-order valence-electron chi connectivity index (χ2n) is 8.41. The van der Waals surface area contributed by atoms with Crippen LogP contribution in [-0.2, 0) is 6.42 Å². The quantitative estimate of drug-likeness (QED) is 0.447. The third kappa shape index (κ3) is 4.94. The number of benzene rings is 3. The fourth-order valence-electron chi connectivity index (χ4n) is 3.44. The van der Waals surface area contributed by atoms with Crippen LogP contribution in [0.4, 0.5) is 11.5 Å². The maximum Gasteiger partial charge on any atom is 0.255 e. The summed E-state index contributed by atoms with van der Waals surface area (Å²) in [6.45, 7) is 4.21. The van der Waals surface area contributed by atoms with Crippen molar-refractivity contribution in [2.45, 2.75) is 26.2 Å². The van der Waals surface area contributed by atoms with Gasteiger partial charge >= 0.3 is 0 Å². The van der Waals surface area contributed by atoms with Crippen LogP contribution in [0.15, 0.2) is 66.7 Å². The summed E-state index contributed by atoms with van der Waals surface area (Å²) >= 11 is 0. The molecule has 0 spiro atoms. The van der Waals surface area contributed by atoms with Crippen molar-refractivity contribution in [1.29, 1.82) is 0 Å². The van der Waals surface area contributed by atoms with Gasteiger partial charge in [0.25, 0.3) is 5.91 Å². The maximum atomic E-state index is 12.7. The molecular weight excluding hydrogens is 396 g/mol. The van der Waals surface area contributed by atoms with E-state index >= 15 is 0 Å². The zero-order valence-electron chi connectivity index (χ0n) is 18.9. The largest absolute Gasteiger partial charge is 0.362 e. The van der Waals surface area contributed by atoms with Gasteiger partial charge in [0.05, 0.1) is 11.8 Å². The van der Waals surface area contributed by atoms with Gasteiger partial charge in [0.1, 0.15) is 11.6 Å². The van der Waals surface area contributed by atoms with Gasteiger partial charge in [-0.05, 0) is 46.5 Å². The summed E-state index contributed by atoms with van der Waals surface area (Å²) in [5, 5.41) is 5.15. The first-order chi connectivity index (χ1) is 15.4. The van der Waals surface area contributed by atoms with Crippen LogP contribution in [0, 0.1) is 6.07 Å². The lowest BCUT2D eigenvalue weighted by molar-refractivity contribution is 0.102. The molecule has 0 fully saturated rings. The smallest absolute Gasteiger partial charge is 0.255 e. The van der Waals surface area contributed by atoms with Gasteiger partial charge in [-0.1, -0.05) is 56.3 Å². The highest BCUT2D eigenvalue weighted by molar-refractivity contribution is 6.06. The predicted octanol–water partition coefficient (Wildman–Crippen LogP) is 5.46. The molecule has 5 nitrogen and oxygen atoms in total. The standard InChI is InChI=1S/C27H27N4O/c1-18(2)24-17-26(31(3)4)30-25(29-24)15-19-9-13-23(14-10-19)28-27(32)22-12-11-20-7-5-6-8-21(20)16-22/h5-14,16,18H,15H2,1-4H3,(H,28,32). The third-order valence-electron chi connectivity index (χ3n) is 5.28. The Balaban J connectivity index is 1.47. The molecule has 0 saturated carbocycles. The van der Waals surface area contributed by atoms with E-state index in [-0.39, 0.29) is 11.8 Å². The molecule has 0 aliphatic rings. The predicted molar refractivity (Wildman–Crippen MR) is 130 cm³/mol. The number of carbonyl (C=O) groups is 1. The summed E-state index contributed by atoms with van der Waals surface area (Å²) in [6.07, 6.45) is 0.619. The lowest BCUT2D eigenvalue weighted by atomic mass is 10.1. The molecule has 161 valence electrons. The van der Waals surface area contributed by atoms with Crippen LogP contribution in [0.2, 0.25) is 0 Å². The minimum atomic E-state index is -0.123. The van der Waals surface area contributed by atoms with E-state index in [2.05, 4.69) is 35.2 Å². The molecule has 1 N–H and O–H groups in total. The third-order valence-corrected chi connectivity index (χ3v) is 5.28. The maximum absolute atomic E-state index is 12.7. The van der Waals surface area contributed by atoms with E-state index in [0.29, 0.717) is 12.0 Å². The molecule has 1 amide bonds. The Hall–Kier alpha value is -3.73. The minimum Gasteiger partial charge on any atom is -0.362 e. The van der Waals surface area contributed by atoms with Crippen LogP contribution >= 0.6 is 0 Å². The van der Waals surface area contributed by atoms with Crippen molar-refractivity contribution in [1.82, 2.24) is 9.97 Å². The summed E-state index contributed by atoms with van der Waals surface area (Å²) in [7, 11) is 3.92. The summed E-state index contributed by atoms with van der Waals surface area (Å²) in [4.78, 5) is 24.0. The lowest BCUT2D eigenvalue weighted by Gasteiger charge is -2.15. The summed E-state index contributed by atoms with van der Waals surface area (Å²) in [6, 6.07) is 24.9. The van der Waals surface area contributed by atoms with Gasteiger partial charge in [-0.25, -0.2) is 9.97 Å². The Morgan fingerprint density at radius 2 is 1.69 bits per heavy atom. The summed E-state index contributed by atoms with van der Waals surface area (Å²) < 4.78 is 0. The topological polar surface area (TPSA) is 58.1 Å². The number of amides is 1. The first-order valence-corrected chi connectivity index (χ1v) is 10.8. The minimum absolute atomic E-state index is 0.123. The zero-order chi connectivity index (χ0) is 22.7. The molecule has 32 heavy (non-hydrogen) atoms. The highest BCUT2D eigenvalue weighted by Crippen LogP contribution is 2.20. The number of carbonyl (C=O) groups excluding carboxylic acids is 1. The Morgan fingerprint density at radius 1 is 0.969 bits per heavy atom. The molecular formula is C27H27N4O. The van der Waals surface area contributed by atoms with Crippen LogP contribution in [0.1, 0.15) is 47.2 Å². The van der Waals surface area contributed by atoms with Gasteiger partial charge < -0.3 is 10.2 Å². The van der Waals surface area contributed by atoms with Crippen molar-refractivity contribution < 1.29 is 4.79 Å². The van der Waals surface area contributed by atoms with Crippen molar-refractivity contribution in [3.05, 3.63) is 95.4 Å². The van der Waals surface area contributed by atoms with Gasteiger partial charge in [0.15, 0.2) is 0 Å². The van der Waals surface area contributed by atoms with Crippen LogP contribution in [0.3, 0.4) is 0 Å². The normalized spacial score (nSPS) is 11.0. The number of fused-ring (bicyclic) bond motifs is 1. The van der Waals surface area contributed by atoms with E-state index in [1.54, 1.807) is 0 Å². The molecule has 0 aliphatic heterocycles. The zero-order valence-corrected chi connectivity index (χ0v) is 18.9. The molecule has 1 heterocycles. The molecule has 0 atom stereocenters. The van der Waals surface area contributed by atoms with Crippen LogP contribution in [0.25, 0.3) is 10.8 Å². The highest BCUT2D eigenvalue weighted by Gasteiger charge is 2.11. The number of hydrogen-bond donors (Lipinski definition) is 1. The Morgan fingerprint density at radius 3 is 2.38 bits per heavy atom. The lowest BCUT2D eigenvalue weighted by Crippen LogP contribution is -2.14. The monoisotopic (exact) mass is 423 g/mol. The van der Waals surface area contributed by atoms with Gasteiger partial charge in [-0.15, -0.1) is 0 Å². The fourth-order valence-corrected chi connectivity index (χ4v) is 3.44. The Kier molecular flexibility index (Phi) is 6.17. The van der Waals surface area contributed by atoms with Crippen molar-refractivity contribution in [3.8, 4) is 0 Å². The molecule has 5 heteroatoms. The number of nitrogens with zero attached hydrogens (tertiary/aromatic N) is 3. The fraction of sp³-hybridized carbons (Fsp3) is 0.222. The van der Waals surface area contributed by atoms with E-state index in [4.69, 9.17) is 0 Å². The first-order valence-electron chi connectivity index (χ1n) is 10.8. The number of rotatable bonds is 6. The van der Waals surface area contributed by atoms with Gasteiger partial charge in [0.2, 0.25) is 0 Å². The number of anilines is 2. The molecule has 1 radical (unpaired) electrons. The van der Waals surface area contributed by atoms with E-state index in [1.807, 2.05) is 85.7 Å². The van der Waals surface area contributed by atoms with Crippen LogP contribution < -0.4 is 10.2 Å². The molecule has 4 rings (SSSR count). The molecule has 4 aromatic rings. The van der Waals surface area contributed by atoms with Crippen molar-refractivity contribution in [3.63, 3.8) is 0 Å². The van der Waals surface area contributed by atoms with E-state index in [1.165, 1.54) is 0 Å². The first kappa shape index (κ1) is 21.5. The van der Waals surface area contributed by atoms with Crippen molar-refractivity contribution in [2.75, 3.05) is 24.3 Å². The van der Waals surface area contributed by atoms with Crippen LogP contribution in [-0.4, -0.2) is 30.0 Å². The molecule has 0 saturated heterocycles. The summed E-state index contributed by atoms with van der Waals surface area (Å²) in [5.74, 6) is 1.72. The van der Waals surface area contributed by atoms with Crippen molar-refractivity contribution >= 4 is 28.2 Å². The molecule has 0 bridgehead atoms. The van der Waals surface area contributed by atoms with Gasteiger partial charge in [-0.2, -0.15) is 0 Å². The van der Waals surface area contributed by atoms with E-state index < -0.39 is 0 Å². The number of hydrogen-bond acceptors (Lipinski definition) is 4. The average Bonchev–Trinajstić information content (AvgIpc) is 2.79. The Labute approximate surface area is 189 Å².